The number of likely N-dealkylation sites (N-methyl/N-ethyl adjacent to an activating group) is 1. The highest BCUT2D eigenvalue weighted by atomic mass is 35.5. The van der Waals surface area contributed by atoms with Gasteiger partial charge >= 0.3 is 0 Å². The first-order valence-corrected chi connectivity index (χ1v) is 12.4. The molecule has 0 fully saturated rings. The maximum absolute atomic E-state index is 13.9. The summed E-state index contributed by atoms with van der Waals surface area (Å²) in [5, 5.41) is 4.42. The van der Waals surface area contributed by atoms with Gasteiger partial charge in [0.1, 0.15) is 6.04 Å². The Labute approximate surface area is 218 Å². The fourth-order valence-corrected chi connectivity index (χ4v) is 5.32. The molecule has 0 bridgehead atoms. The Kier molecular flexibility index (Phi) is 5.85. The molecule has 2 N–H and O–H groups in total. The van der Waals surface area contributed by atoms with Crippen molar-refractivity contribution in [2.45, 2.75) is 18.5 Å². The standard InChI is InChI=1S/C29H24ClN3O4/c1-31-29(35)23-15-21-20-4-2-3-5-22(20)32-27(21)28(18-9-12-24-25(14-18)37-16-36-24)33(23)26(34)13-8-17-6-10-19(30)11-7-17/h2-14,23,28,32H,15-16H2,1H3,(H,31,35)/t23-,28-/m1/s1. The zero-order valence-corrected chi connectivity index (χ0v) is 20.8. The third kappa shape index (κ3) is 4.11. The molecule has 4 aromatic rings. The highest BCUT2D eigenvalue weighted by Gasteiger charge is 2.43. The number of ether oxygens (including phenoxy) is 2. The molecule has 2 aliphatic heterocycles. The largest absolute Gasteiger partial charge is 0.454 e. The summed E-state index contributed by atoms with van der Waals surface area (Å²) >= 11 is 6.01. The van der Waals surface area contributed by atoms with Gasteiger partial charge in [0.15, 0.2) is 11.5 Å². The molecule has 0 saturated heterocycles. The van der Waals surface area contributed by atoms with Crippen LogP contribution in [0.15, 0.2) is 72.8 Å². The SMILES string of the molecule is CNC(=O)[C@H]1Cc2c([nH]c3ccccc23)[C@@H](c2ccc3c(c2)OCO3)N1C(=O)C=Cc1ccc(Cl)cc1. The molecule has 37 heavy (non-hydrogen) atoms. The van der Waals surface area contributed by atoms with E-state index in [-0.39, 0.29) is 18.6 Å². The first-order valence-electron chi connectivity index (χ1n) is 12.0. The molecule has 0 spiro atoms. The van der Waals surface area contributed by atoms with Crippen LogP contribution in [0.5, 0.6) is 11.5 Å². The van der Waals surface area contributed by atoms with Gasteiger partial charge in [0.2, 0.25) is 18.6 Å². The van der Waals surface area contributed by atoms with E-state index in [0.29, 0.717) is 22.9 Å². The molecule has 7 nitrogen and oxygen atoms in total. The Morgan fingerprint density at radius 1 is 1.05 bits per heavy atom. The van der Waals surface area contributed by atoms with Gasteiger partial charge in [0.05, 0.1) is 6.04 Å². The molecule has 2 atom stereocenters. The predicted octanol–water partition coefficient (Wildman–Crippen LogP) is 4.85. The minimum absolute atomic E-state index is 0.147. The van der Waals surface area contributed by atoms with Gasteiger partial charge in [-0.25, -0.2) is 0 Å². The van der Waals surface area contributed by atoms with Crippen molar-refractivity contribution in [1.29, 1.82) is 0 Å². The lowest BCUT2D eigenvalue weighted by Crippen LogP contribution is -2.53. The monoisotopic (exact) mass is 513 g/mol. The summed E-state index contributed by atoms with van der Waals surface area (Å²) in [5.41, 5.74) is 4.52. The quantitative estimate of drug-likeness (QED) is 0.382. The molecular formula is C29H24ClN3O4. The summed E-state index contributed by atoms with van der Waals surface area (Å²) in [6, 6.07) is 19.6. The number of hydrogen-bond donors (Lipinski definition) is 2. The van der Waals surface area contributed by atoms with Gasteiger partial charge in [-0.15, -0.1) is 0 Å². The summed E-state index contributed by atoms with van der Waals surface area (Å²) in [4.78, 5) is 32.3. The Bertz CT molecular complexity index is 1540. The number of nitrogens with one attached hydrogen (secondary N) is 2. The van der Waals surface area contributed by atoms with Crippen LogP contribution in [0, 0.1) is 0 Å². The number of aromatic amines is 1. The lowest BCUT2D eigenvalue weighted by molar-refractivity contribution is -0.139. The number of amides is 2. The summed E-state index contributed by atoms with van der Waals surface area (Å²) in [6.07, 6.45) is 3.63. The molecule has 3 heterocycles. The van der Waals surface area contributed by atoms with Gasteiger partial charge in [-0.3, -0.25) is 9.59 Å². The number of fused-ring (bicyclic) bond motifs is 4. The van der Waals surface area contributed by atoms with Gasteiger partial charge in [-0.05, 0) is 53.1 Å². The van der Waals surface area contributed by atoms with Crippen molar-refractivity contribution in [1.82, 2.24) is 15.2 Å². The first-order chi connectivity index (χ1) is 18.0. The molecule has 6 rings (SSSR count). The number of aromatic nitrogens is 1. The molecule has 2 amide bonds. The topological polar surface area (TPSA) is 83.7 Å². The van der Waals surface area contributed by atoms with E-state index in [1.807, 2.05) is 54.6 Å². The molecular weight excluding hydrogens is 490 g/mol. The van der Waals surface area contributed by atoms with Crippen LogP contribution in [0.4, 0.5) is 0 Å². The van der Waals surface area contributed by atoms with Crippen molar-refractivity contribution in [3.05, 3.63) is 100 Å². The van der Waals surface area contributed by atoms with Gasteiger partial charge < -0.3 is 24.7 Å². The normalized spacial score (nSPS) is 18.3. The van der Waals surface area contributed by atoms with Gasteiger partial charge in [0.25, 0.3) is 0 Å². The van der Waals surface area contributed by atoms with E-state index in [4.69, 9.17) is 21.1 Å². The highest BCUT2D eigenvalue weighted by molar-refractivity contribution is 6.30. The van der Waals surface area contributed by atoms with Crippen molar-refractivity contribution in [2.75, 3.05) is 13.8 Å². The molecule has 8 heteroatoms. The summed E-state index contributed by atoms with van der Waals surface area (Å²) in [6.45, 7) is 0.147. The van der Waals surface area contributed by atoms with Gasteiger partial charge in [-0.2, -0.15) is 0 Å². The average Bonchev–Trinajstić information content (AvgIpc) is 3.55. The smallest absolute Gasteiger partial charge is 0.248 e. The second-order valence-electron chi connectivity index (χ2n) is 9.04. The van der Waals surface area contributed by atoms with E-state index in [2.05, 4.69) is 10.3 Å². The number of H-pyrrole nitrogens is 1. The molecule has 3 aromatic carbocycles. The van der Waals surface area contributed by atoms with E-state index in [1.54, 1.807) is 30.2 Å². The van der Waals surface area contributed by atoms with E-state index < -0.39 is 12.1 Å². The number of carbonyl (C=O) groups excluding carboxylic acids is 2. The van der Waals surface area contributed by atoms with Crippen LogP contribution in [-0.4, -0.2) is 41.6 Å². The average molecular weight is 514 g/mol. The number of halogens is 1. The lowest BCUT2D eigenvalue weighted by atomic mass is 9.87. The van der Waals surface area contributed by atoms with Crippen molar-refractivity contribution >= 4 is 40.4 Å². The van der Waals surface area contributed by atoms with Crippen molar-refractivity contribution in [3.63, 3.8) is 0 Å². The number of benzene rings is 3. The number of nitrogens with zero attached hydrogens (tertiary/aromatic N) is 1. The Balaban J connectivity index is 1.50. The molecule has 0 radical (unpaired) electrons. The Hall–Kier alpha value is -4.23. The minimum Gasteiger partial charge on any atom is -0.454 e. The summed E-state index contributed by atoms with van der Waals surface area (Å²) in [5.74, 6) is 0.756. The zero-order chi connectivity index (χ0) is 25.5. The van der Waals surface area contributed by atoms with Crippen LogP contribution in [-0.2, 0) is 16.0 Å². The number of carbonyl (C=O) groups is 2. The van der Waals surface area contributed by atoms with Gasteiger partial charge in [-0.1, -0.05) is 48.0 Å². The van der Waals surface area contributed by atoms with Crippen LogP contribution in [0.1, 0.15) is 28.4 Å². The molecule has 186 valence electrons. The fraction of sp³-hybridized carbons (Fsp3) is 0.172. The highest BCUT2D eigenvalue weighted by Crippen LogP contribution is 2.44. The predicted molar refractivity (Wildman–Crippen MR) is 142 cm³/mol. The molecule has 0 saturated carbocycles. The van der Waals surface area contributed by atoms with E-state index >= 15 is 0 Å². The maximum atomic E-state index is 13.9. The van der Waals surface area contributed by atoms with Crippen LogP contribution < -0.4 is 14.8 Å². The minimum atomic E-state index is -0.713. The molecule has 0 unspecified atom stereocenters. The molecule has 2 aliphatic rings. The van der Waals surface area contributed by atoms with E-state index in [9.17, 15) is 9.59 Å². The fourth-order valence-electron chi connectivity index (χ4n) is 5.19. The zero-order valence-electron chi connectivity index (χ0n) is 20.0. The second kappa shape index (κ2) is 9.33. The molecule has 1 aromatic heterocycles. The maximum Gasteiger partial charge on any atom is 0.248 e. The lowest BCUT2D eigenvalue weighted by Gasteiger charge is -2.41. The molecule has 0 aliphatic carbocycles. The first kappa shape index (κ1) is 23.2. The Morgan fingerprint density at radius 3 is 2.65 bits per heavy atom. The number of hydrogen-bond acceptors (Lipinski definition) is 4. The van der Waals surface area contributed by atoms with Crippen molar-refractivity contribution < 1.29 is 19.1 Å². The van der Waals surface area contributed by atoms with E-state index in [1.165, 1.54) is 6.08 Å². The van der Waals surface area contributed by atoms with Crippen LogP contribution in [0.2, 0.25) is 5.02 Å². The van der Waals surface area contributed by atoms with Crippen LogP contribution in [0.25, 0.3) is 17.0 Å². The van der Waals surface area contributed by atoms with Gasteiger partial charge in [0, 0.05) is 41.2 Å². The third-order valence-corrected chi connectivity index (χ3v) is 7.19. The van der Waals surface area contributed by atoms with Crippen LogP contribution >= 0.6 is 11.6 Å². The summed E-state index contributed by atoms with van der Waals surface area (Å²) < 4.78 is 11.2. The Morgan fingerprint density at radius 2 is 1.84 bits per heavy atom. The van der Waals surface area contributed by atoms with E-state index in [0.717, 1.165) is 33.3 Å². The summed E-state index contributed by atoms with van der Waals surface area (Å²) in [7, 11) is 1.59. The van der Waals surface area contributed by atoms with Crippen LogP contribution in [0.3, 0.4) is 0 Å². The second-order valence-corrected chi connectivity index (χ2v) is 9.48. The third-order valence-electron chi connectivity index (χ3n) is 6.94. The van der Waals surface area contributed by atoms with Crippen molar-refractivity contribution in [2.24, 2.45) is 0 Å². The number of para-hydroxylation sites is 1. The number of rotatable bonds is 4. The van der Waals surface area contributed by atoms with Crippen molar-refractivity contribution in [3.8, 4) is 11.5 Å².